The van der Waals surface area contributed by atoms with Crippen LogP contribution in [0.1, 0.15) is 64.7 Å². The van der Waals surface area contributed by atoms with Gasteiger partial charge in [-0.1, -0.05) is 32.6 Å². The van der Waals surface area contributed by atoms with Gasteiger partial charge in [0.15, 0.2) is 0 Å². The van der Waals surface area contributed by atoms with Crippen LogP contribution in [0.4, 0.5) is 4.79 Å². The Morgan fingerprint density at radius 1 is 1.30 bits per heavy atom. The fourth-order valence-electron chi connectivity index (χ4n) is 2.74. The highest BCUT2D eigenvalue weighted by Gasteiger charge is 2.26. The van der Waals surface area contributed by atoms with E-state index in [1.165, 1.54) is 19.3 Å². The third kappa shape index (κ3) is 6.78. The van der Waals surface area contributed by atoms with E-state index in [0.717, 1.165) is 25.7 Å². The summed E-state index contributed by atoms with van der Waals surface area (Å²) in [6, 6.07) is -0.0690. The first-order valence-electron chi connectivity index (χ1n) is 7.78. The van der Waals surface area contributed by atoms with Gasteiger partial charge in [0.05, 0.1) is 6.61 Å². The molecule has 1 atom stereocenters. The number of carbonyl (C=O) groups is 2. The number of hydrogen-bond acceptors (Lipinski definition) is 3. The lowest BCUT2D eigenvalue weighted by Crippen LogP contribution is -2.41. The van der Waals surface area contributed by atoms with Crippen LogP contribution in [0, 0.1) is 5.92 Å². The molecule has 0 aromatic rings. The smallest absolute Gasteiger partial charge is 0.407 e. The van der Waals surface area contributed by atoms with Crippen LogP contribution in [0.25, 0.3) is 0 Å². The Balaban J connectivity index is 2.43. The minimum atomic E-state index is -0.813. The fraction of sp³-hybridized carbons (Fsp3) is 0.867. The van der Waals surface area contributed by atoms with Crippen molar-refractivity contribution in [1.82, 2.24) is 5.32 Å². The van der Waals surface area contributed by atoms with E-state index in [-0.39, 0.29) is 12.5 Å². The number of carboxylic acids is 1. The Kier molecular flexibility index (Phi) is 8.07. The lowest BCUT2D eigenvalue weighted by molar-refractivity contribution is -0.137. The van der Waals surface area contributed by atoms with Crippen LogP contribution in [-0.2, 0) is 9.53 Å². The van der Waals surface area contributed by atoms with Gasteiger partial charge in [-0.2, -0.15) is 0 Å². The molecule has 0 aliphatic heterocycles. The minimum Gasteiger partial charge on any atom is -0.481 e. The molecule has 1 unspecified atom stereocenters. The maximum Gasteiger partial charge on any atom is 0.407 e. The number of amides is 1. The molecule has 5 heteroatoms. The first kappa shape index (κ1) is 16.8. The zero-order valence-electron chi connectivity index (χ0n) is 12.4. The van der Waals surface area contributed by atoms with E-state index in [1.807, 2.05) is 6.92 Å². The van der Waals surface area contributed by atoms with Gasteiger partial charge in [0, 0.05) is 12.5 Å². The van der Waals surface area contributed by atoms with E-state index in [0.29, 0.717) is 18.9 Å². The molecular formula is C15H27NO4. The Hall–Kier alpha value is -1.26. The predicted molar refractivity (Wildman–Crippen MR) is 76.6 cm³/mol. The second-order valence-electron chi connectivity index (χ2n) is 5.57. The second kappa shape index (κ2) is 9.61. The van der Waals surface area contributed by atoms with E-state index in [1.54, 1.807) is 0 Å². The van der Waals surface area contributed by atoms with E-state index in [4.69, 9.17) is 9.84 Å². The molecular weight excluding hydrogens is 258 g/mol. The van der Waals surface area contributed by atoms with E-state index in [9.17, 15) is 9.59 Å². The highest BCUT2D eigenvalue weighted by atomic mass is 16.5. The Morgan fingerprint density at radius 3 is 2.60 bits per heavy atom. The lowest BCUT2D eigenvalue weighted by atomic mass is 9.82. The topological polar surface area (TPSA) is 75.6 Å². The van der Waals surface area contributed by atoms with Gasteiger partial charge < -0.3 is 15.2 Å². The minimum absolute atomic E-state index is 0.0690. The summed E-state index contributed by atoms with van der Waals surface area (Å²) in [5.74, 6) is -0.422. The third-order valence-electron chi connectivity index (χ3n) is 3.92. The first-order chi connectivity index (χ1) is 9.63. The van der Waals surface area contributed by atoms with Crippen molar-refractivity contribution in [3.05, 3.63) is 0 Å². The molecule has 1 rings (SSSR count). The molecule has 116 valence electrons. The maximum absolute atomic E-state index is 11.7. The van der Waals surface area contributed by atoms with Crippen molar-refractivity contribution >= 4 is 12.1 Å². The van der Waals surface area contributed by atoms with Gasteiger partial charge >= 0.3 is 12.1 Å². The summed E-state index contributed by atoms with van der Waals surface area (Å²) in [5, 5.41) is 11.7. The number of carboxylic acid groups (broad SMARTS) is 1. The average molecular weight is 285 g/mol. The summed E-state index contributed by atoms with van der Waals surface area (Å²) in [5.41, 5.74) is 0. The Labute approximate surface area is 121 Å². The van der Waals surface area contributed by atoms with Crippen molar-refractivity contribution in [3.63, 3.8) is 0 Å². The largest absolute Gasteiger partial charge is 0.481 e. The molecule has 1 saturated carbocycles. The molecule has 20 heavy (non-hydrogen) atoms. The second-order valence-corrected chi connectivity index (χ2v) is 5.57. The summed E-state index contributed by atoms with van der Waals surface area (Å²) in [6.07, 6.45) is 7.73. The number of ether oxygens (including phenoxy) is 1. The third-order valence-corrected chi connectivity index (χ3v) is 3.92. The lowest BCUT2D eigenvalue weighted by Gasteiger charge is -2.30. The van der Waals surface area contributed by atoms with Crippen molar-refractivity contribution in [2.75, 3.05) is 6.61 Å². The zero-order chi connectivity index (χ0) is 14.8. The SMILES string of the molecule is CCCCOC(=O)NC(CCC(=O)O)C1CCCCC1. The van der Waals surface area contributed by atoms with E-state index in [2.05, 4.69) is 5.32 Å². The zero-order valence-corrected chi connectivity index (χ0v) is 12.4. The summed E-state index contributed by atoms with van der Waals surface area (Å²) >= 11 is 0. The van der Waals surface area contributed by atoms with Crippen LogP contribution in [0.15, 0.2) is 0 Å². The molecule has 0 saturated heterocycles. The fourth-order valence-corrected chi connectivity index (χ4v) is 2.74. The first-order valence-corrected chi connectivity index (χ1v) is 7.78. The average Bonchev–Trinajstić information content (AvgIpc) is 2.44. The van der Waals surface area contributed by atoms with Crippen molar-refractivity contribution in [3.8, 4) is 0 Å². The molecule has 1 fully saturated rings. The number of carbonyl (C=O) groups excluding carboxylic acids is 1. The highest BCUT2D eigenvalue weighted by Crippen LogP contribution is 2.28. The summed E-state index contributed by atoms with van der Waals surface area (Å²) in [7, 11) is 0. The van der Waals surface area contributed by atoms with Crippen LogP contribution in [-0.4, -0.2) is 29.8 Å². The summed E-state index contributed by atoms with van der Waals surface area (Å²) in [6.45, 7) is 2.47. The Morgan fingerprint density at radius 2 is 2.00 bits per heavy atom. The molecule has 1 aliphatic carbocycles. The van der Waals surface area contributed by atoms with Crippen molar-refractivity contribution in [2.45, 2.75) is 70.8 Å². The van der Waals surface area contributed by atoms with Gasteiger partial charge in [-0.05, 0) is 31.6 Å². The number of unbranched alkanes of at least 4 members (excludes halogenated alkanes) is 1. The summed E-state index contributed by atoms with van der Waals surface area (Å²) < 4.78 is 5.11. The monoisotopic (exact) mass is 285 g/mol. The Bertz CT molecular complexity index is 300. The van der Waals surface area contributed by atoms with Crippen LogP contribution < -0.4 is 5.32 Å². The predicted octanol–water partition coefficient (Wildman–Crippen LogP) is 3.33. The van der Waals surface area contributed by atoms with Crippen LogP contribution in [0.3, 0.4) is 0 Å². The number of nitrogens with one attached hydrogen (secondary N) is 1. The quantitative estimate of drug-likeness (QED) is 0.671. The molecule has 0 aromatic heterocycles. The molecule has 0 radical (unpaired) electrons. The molecule has 1 aliphatic rings. The number of aliphatic carboxylic acids is 1. The van der Waals surface area contributed by atoms with Crippen LogP contribution in [0.2, 0.25) is 0 Å². The number of alkyl carbamates (subject to hydrolysis) is 1. The van der Waals surface area contributed by atoms with E-state index < -0.39 is 12.1 Å². The van der Waals surface area contributed by atoms with Gasteiger partial charge in [0.25, 0.3) is 0 Å². The van der Waals surface area contributed by atoms with Gasteiger partial charge in [-0.25, -0.2) is 4.79 Å². The standard InChI is InChI=1S/C15H27NO4/c1-2-3-11-20-15(19)16-13(9-10-14(17)18)12-7-5-4-6-8-12/h12-13H,2-11H2,1H3,(H,16,19)(H,17,18). The molecule has 5 nitrogen and oxygen atoms in total. The number of hydrogen-bond donors (Lipinski definition) is 2. The molecule has 0 spiro atoms. The van der Waals surface area contributed by atoms with Crippen molar-refractivity contribution < 1.29 is 19.4 Å². The van der Waals surface area contributed by atoms with Gasteiger partial charge in [0.2, 0.25) is 0 Å². The number of rotatable bonds is 8. The van der Waals surface area contributed by atoms with E-state index >= 15 is 0 Å². The van der Waals surface area contributed by atoms with Gasteiger partial charge in [-0.3, -0.25) is 4.79 Å². The molecule has 0 aromatic carbocycles. The molecule has 0 bridgehead atoms. The molecule has 0 heterocycles. The van der Waals surface area contributed by atoms with Gasteiger partial charge in [-0.15, -0.1) is 0 Å². The van der Waals surface area contributed by atoms with Crippen molar-refractivity contribution in [1.29, 1.82) is 0 Å². The van der Waals surface area contributed by atoms with Crippen molar-refractivity contribution in [2.24, 2.45) is 5.92 Å². The van der Waals surface area contributed by atoms with Crippen LogP contribution in [0.5, 0.6) is 0 Å². The maximum atomic E-state index is 11.7. The van der Waals surface area contributed by atoms with Gasteiger partial charge in [0.1, 0.15) is 0 Å². The summed E-state index contributed by atoms with van der Waals surface area (Å²) in [4.78, 5) is 22.5. The highest BCUT2D eigenvalue weighted by molar-refractivity contribution is 5.68. The molecule has 2 N–H and O–H groups in total. The molecule has 1 amide bonds. The normalized spacial score (nSPS) is 17.4. The van der Waals surface area contributed by atoms with Crippen LogP contribution >= 0.6 is 0 Å².